The summed E-state index contributed by atoms with van der Waals surface area (Å²) in [6.07, 6.45) is -2.01. The minimum atomic E-state index is -1.12. The molecule has 5 aromatic rings. The lowest BCUT2D eigenvalue weighted by atomic mass is 9.98. The molecule has 1 saturated heterocycles. The molecule has 2 aromatic heterocycles. The van der Waals surface area contributed by atoms with Crippen molar-refractivity contribution in [3.8, 4) is 28.5 Å². The molecule has 0 saturated carbocycles. The van der Waals surface area contributed by atoms with Crippen LogP contribution in [-0.2, 0) is 20.8 Å². The van der Waals surface area contributed by atoms with E-state index in [4.69, 9.17) is 18.9 Å². The molecule has 3 heterocycles. The molecule has 0 spiro atoms. The maximum atomic E-state index is 13.1. The molecule has 12 nitrogen and oxygen atoms in total. The molecule has 3 aromatic carbocycles. The highest BCUT2D eigenvalue weighted by molar-refractivity contribution is 6.02. The third-order valence-corrected chi connectivity index (χ3v) is 6.26. The molecule has 1 aliphatic heterocycles. The zero-order valence-electron chi connectivity index (χ0n) is 21.2. The summed E-state index contributed by atoms with van der Waals surface area (Å²) in [5.74, 6) is -0.969. The summed E-state index contributed by atoms with van der Waals surface area (Å²) in [4.78, 5) is 42.9. The van der Waals surface area contributed by atoms with Crippen LogP contribution in [0.4, 0.5) is 4.79 Å². The van der Waals surface area contributed by atoms with Gasteiger partial charge in [-0.15, -0.1) is 0 Å². The van der Waals surface area contributed by atoms with Crippen molar-refractivity contribution in [2.75, 3.05) is 13.2 Å². The zero-order chi connectivity index (χ0) is 27.6. The molecule has 40 heavy (non-hydrogen) atoms. The van der Waals surface area contributed by atoms with Crippen molar-refractivity contribution in [3.63, 3.8) is 0 Å². The van der Waals surface area contributed by atoms with Crippen LogP contribution in [0.5, 0.6) is 6.01 Å². The van der Waals surface area contributed by atoms with E-state index in [1.807, 2.05) is 55.5 Å². The minimum absolute atomic E-state index is 0.174. The first kappa shape index (κ1) is 24.9. The maximum Gasteiger partial charge on any atom is 0.511 e. The van der Waals surface area contributed by atoms with Gasteiger partial charge in [0.05, 0.1) is 29.7 Å². The van der Waals surface area contributed by atoms with Crippen molar-refractivity contribution >= 4 is 23.2 Å². The molecule has 202 valence electrons. The van der Waals surface area contributed by atoms with E-state index in [-0.39, 0.29) is 12.2 Å². The molecule has 1 aliphatic rings. The number of rotatable bonds is 8. The van der Waals surface area contributed by atoms with Crippen molar-refractivity contribution in [2.45, 2.75) is 19.8 Å². The van der Waals surface area contributed by atoms with Crippen LogP contribution in [-0.4, -0.2) is 51.3 Å². The van der Waals surface area contributed by atoms with Crippen LogP contribution in [0.2, 0.25) is 0 Å². The fraction of sp³-hybridized carbons (Fsp3) is 0.179. The summed E-state index contributed by atoms with van der Waals surface area (Å²) in [6.45, 7) is 2.39. The third kappa shape index (κ3) is 4.77. The average molecular weight is 543 g/mol. The van der Waals surface area contributed by atoms with Crippen LogP contribution in [0.15, 0.2) is 76.0 Å². The van der Waals surface area contributed by atoms with Crippen LogP contribution < -0.4 is 10.5 Å². The number of carbonyl (C=O) groups is 2. The lowest BCUT2D eigenvalue weighted by Crippen LogP contribution is -2.20. The van der Waals surface area contributed by atoms with Gasteiger partial charge in [0, 0.05) is 5.56 Å². The number of aromatic amines is 1. The van der Waals surface area contributed by atoms with Gasteiger partial charge in [0.1, 0.15) is 0 Å². The Kier molecular flexibility index (Phi) is 6.48. The maximum absolute atomic E-state index is 13.1. The number of imidazole rings is 1. The number of esters is 1. The largest absolute Gasteiger partial charge is 0.511 e. The number of fused-ring (bicyclic) bond motifs is 1. The molecule has 0 bridgehead atoms. The van der Waals surface area contributed by atoms with Gasteiger partial charge in [-0.25, -0.2) is 14.4 Å². The Morgan fingerprint density at radius 1 is 1.05 bits per heavy atom. The van der Waals surface area contributed by atoms with Crippen molar-refractivity contribution < 1.29 is 33.1 Å². The van der Waals surface area contributed by atoms with Crippen LogP contribution in [0, 0.1) is 0 Å². The SMILES string of the molecule is CCOc1nc2cccc(C(=O)OC3COC(=O)O3)c2n1Cc1ccc(-c2ccccc2-c2noc(=O)[nH]2)cc1. The van der Waals surface area contributed by atoms with E-state index in [0.29, 0.717) is 36.0 Å². The Labute approximate surface area is 226 Å². The normalized spacial score (nSPS) is 14.6. The molecule has 1 N–H and O–H groups in total. The average Bonchev–Trinajstić information content (AvgIpc) is 3.68. The van der Waals surface area contributed by atoms with Crippen molar-refractivity contribution in [1.82, 2.24) is 19.7 Å². The number of cyclic esters (lactones) is 2. The Morgan fingerprint density at radius 2 is 1.85 bits per heavy atom. The number of nitrogens with zero attached hydrogens (tertiary/aromatic N) is 3. The van der Waals surface area contributed by atoms with E-state index in [2.05, 4.69) is 19.6 Å². The molecule has 12 heteroatoms. The minimum Gasteiger partial charge on any atom is -0.465 e. The van der Waals surface area contributed by atoms with Crippen molar-refractivity contribution in [3.05, 3.63) is 88.4 Å². The third-order valence-electron chi connectivity index (χ3n) is 6.26. The summed E-state index contributed by atoms with van der Waals surface area (Å²) < 4.78 is 27.2. The van der Waals surface area contributed by atoms with Crippen molar-refractivity contribution in [1.29, 1.82) is 0 Å². The van der Waals surface area contributed by atoms with Gasteiger partial charge in [-0.3, -0.25) is 14.1 Å². The van der Waals surface area contributed by atoms with Gasteiger partial charge in [0.2, 0.25) is 0 Å². The molecule has 1 atom stereocenters. The fourth-order valence-electron chi connectivity index (χ4n) is 4.53. The lowest BCUT2D eigenvalue weighted by molar-refractivity contribution is -0.0462. The summed E-state index contributed by atoms with van der Waals surface area (Å²) >= 11 is 0. The number of carbonyl (C=O) groups excluding carboxylic acids is 2. The summed E-state index contributed by atoms with van der Waals surface area (Å²) in [5.41, 5.74) is 4.71. The summed E-state index contributed by atoms with van der Waals surface area (Å²) in [7, 11) is 0. The standard InChI is InChI=1S/C28H22N4O8/c1-2-36-26-29-21-9-5-8-20(25(33)38-22-15-37-28(35)39-22)23(21)32(26)14-16-10-12-17(13-11-16)18-6-3-4-7-19(18)24-30-27(34)40-31-24/h3-13,22H,2,14-15H2,1H3,(H,30,31,34). The van der Waals surface area contributed by atoms with E-state index in [1.165, 1.54) is 0 Å². The number of hydrogen-bond acceptors (Lipinski definition) is 10. The zero-order valence-corrected chi connectivity index (χ0v) is 21.2. The number of nitrogens with one attached hydrogen (secondary N) is 1. The van der Waals surface area contributed by atoms with E-state index in [0.717, 1.165) is 22.3 Å². The van der Waals surface area contributed by atoms with Gasteiger partial charge in [0.25, 0.3) is 12.3 Å². The highest BCUT2D eigenvalue weighted by Gasteiger charge is 2.30. The Bertz CT molecular complexity index is 1770. The van der Waals surface area contributed by atoms with Gasteiger partial charge >= 0.3 is 17.9 Å². The van der Waals surface area contributed by atoms with Crippen LogP contribution in [0.1, 0.15) is 22.8 Å². The van der Waals surface area contributed by atoms with Crippen LogP contribution in [0.25, 0.3) is 33.5 Å². The molecular weight excluding hydrogens is 520 g/mol. The molecule has 0 radical (unpaired) electrons. The highest BCUT2D eigenvalue weighted by Crippen LogP contribution is 2.31. The second-order valence-corrected chi connectivity index (χ2v) is 8.79. The number of ether oxygens (including phenoxy) is 4. The number of benzene rings is 3. The second-order valence-electron chi connectivity index (χ2n) is 8.79. The summed E-state index contributed by atoms with van der Waals surface area (Å²) in [6, 6.07) is 20.8. The van der Waals surface area contributed by atoms with Gasteiger partial charge < -0.3 is 18.9 Å². The van der Waals surface area contributed by atoms with Crippen LogP contribution in [0.3, 0.4) is 0 Å². The number of aromatic nitrogens is 4. The highest BCUT2D eigenvalue weighted by atomic mass is 16.8. The molecule has 0 aliphatic carbocycles. The van der Waals surface area contributed by atoms with Gasteiger partial charge in [-0.2, -0.15) is 4.98 Å². The van der Waals surface area contributed by atoms with Crippen LogP contribution >= 0.6 is 0 Å². The Hall–Kier alpha value is -5.39. The predicted molar refractivity (Wildman–Crippen MR) is 140 cm³/mol. The molecular formula is C28H22N4O8. The number of para-hydroxylation sites is 1. The van der Waals surface area contributed by atoms with E-state index >= 15 is 0 Å². The predicted octanol–water partition coefficient (Wildman–Crippen LogP) is 4.14. The monoisotopic (exact) mass is 542 g/mol. The van der Waals surface area contributed by atoms with E-state index in [1.54, 1.807) is 22.8 Å². The summed E-state index contributed by atoms with van der Waals surface area (Å²) in [5, 5.41) is 3.82. The number of hydrogen-bond donors (Lipinski definition) is 1. The molecule has 1 fully saturated rings. The Balaban J connectivity index is 1.33. The van der Waals surface area contributed by atoms with E-state index < -0.39 is 24.2 Å². The fourth-order valence-corrected chi connectivity index (χ4v) is 4.53. The first-order valence-corrected chi connectivity index (χ1v) is 12.4. The quantitative estimate of drug-likeness (QED) is 0.284. The second kappa shape index (κ2) is 10.4. The van der Waals surface area contributed by atoms with Gasteiger partial charge in [-0.05, 0) is 35.7 Å². The van der Waals surface area contributed by atoms with Crippen molar-refractivity contribution in [2.24, 2.45) is 0 Å². The molecule has 6 rings (SSSR count). The van der Waals surface area contributed by atoms with Gasteiger partial charge in [0.15, 0.2) is 12.4 Å². The molecule has 0 amide bonds. The van der Waals surface area contributed by atoms with E-state index in [9.17, 15) is 14.4 Å². The lowest BCUT2D eigenvalue weighted by Gasteiger charge is -2.13. The first-order chi connectivity index (χ1) is 19.5. The van der Waals surface area contributed by atoms with Gasteiger partial charge in [-0.1, -0.05) is 59.8 Å². The smallest absolute Gasteiger partial charge is 0.465 e. The molecule has 1 unspecified atom stereocenters. The number of H-pyrrole nitrogens is 1. The topological polar surface area (TPSA) is 148 Å². The first-order valence-electron chi connectivity index (χ1n) is 12.4. The Morgan fingerprint density at radius 3 is 2.55 bits per heavy atom.